The zero-order chi connectivity index (χ0) is 33.0. The maximum atomic E-state index is 12.8. The molecule has 0 aliphatic carbocycles. The Kier molecular flexibility index (Phi) is 10.7. The van der Waals surface area contributed by atoms with Crippen LogP contribution in [0, 0.1) is 5.92 Å². The molecule has 2 aromatic rings. The van der Waals surface area contributed by atoms with Crippen molar-refractivity contribution >= 4 is 33.1 Å². The quantitative estimate of drug-likeness (QED) is 0.279. The highest BCUT2D eigenvalue weighted by Crippen LogP contribution is 2.36. The molecule has 46 heavy (non-hydrogen) atoms. The largest absolute Gasteiger partial charge is 0.493 e. The van der Waals surface area contributed by atoms with Crippen molar-refractivity contribution in [1.82, 2.24) is 29.9 Å². The molecule has 3 aliphatic rings. The van der Waals surface area contributed by atoms with Crippen LogP contribution < -0.4 is 25.5 Å². The summed E-state index contributed by atoms with van der Waals surface area (Å²) in [5, 5.41) is 9.12. The lowest BCUT2D eigenvalue weighted by Gasteiger charge is -2.45. The van der Waals surface area contributed by atoms with E-state index in [0.29, 0.717) is 57.3 Å². The van der Waals surface area contributed by atoms with Gasteiger partial charge in [-0.25, -0.2) is 15.0 Å². The van der Waals surface area contributed by atoms with Crippen molar-refractivity contribution < 1.29 is 28.5 Å². The molecule has 252 valence electrons. The van der Waals surface area contributed by atoms with Gasteiger partial charge in [0.15, 0.2) is 11.5 Å². The van der Waals surface area contributed by atoms with Gasteiger partial charge in [0.25, 0.3) is 0 Å². The number of amides is 1. The van der Waals surface area contributed by atoms with Crippen molar-refractivity contribution in [3.8, 4) is 11.5 Å². The van der Waals surface area contributed by atoms with Gasteiger partial charge in [-0.1, -0.05) is 13.0 Å². The molecule has 0 radical (unpaired) electrons. The van der Waals surface area contributed by atoms with Crippen LogP contribution >= 0.6 is 10.7 Å². The number of hydrazine groups is 1. The first-order valence-electron chi connectivity index (χ1n) is 15.7. The fraction of sp³-hybridized carbons (Fsp3) is 0.562. The molecule has 1 saturated heterocycles. The van der Waals surface area contributed by atoms with Gasteiger partial charge in [0.1, 0.15) is 11.9 Å². The van der Waals surface area contributed by atoms with E-state index in [2.05, 4.69) is 32.9 Å². The van der Waals surface area contributed by atoms with E-state index in [1.807, 2.05) is 68.1 Å². The fourth-order valence-electron chi connectivity index (χ4n) is 5.84. The minimum absolute atomic E-state index is 0.207. The lowest BCUT2D eigenvalue weighted by molar-refractivity contribution is 0.00612. The number of nitrogens with zero attached hydrogens (tertiary/aromatic N) is 4. The Morgan fingerprint density at radius 3 is 2.50 bits per heavy atom. The molecule has 4 heterocycles. The number of pyridine rings is 1. The number of hydrogen-bond acceptors (Lipinski definition) is 12. The van der Waals surface area contributed by atoms with E-state index in [1.54, 1.807) is 19.1 Å². The number of anilines is 1. The Balaban J connectivity index is 1.42. The molecule has 3 aliphatic heterocycles. The number of nitrogens with one attached hydrogen (secondary N) is 3. The molecule has 4 atom stereocenters. The molecule has 0 saturated carbocycles. The van der Waals surface area contributed by atoms with Gasteiger partial charge in [-0.15, -0.1) is 0 Å². The number of methoxy groups -OCH3 is 2. The molecule has 5 rings (SSSR count). The minimum atomic E-state index is -0.824. The van der Waals surface area contributed by atoms with Crippen molar-refractivity contribution in [2.45, 2.75) is 59.1 Å². The zero-order valence-electron chi connectivity index (χ0n) is 27.8. The predicted octanol–water partition coefficient (Wildman–Crippen LogP) is 4.14. The average molecular weight is 658 g/mol. The first kappa shape index (κ1) is 33.9. The number of hydrogen-bond donors (Lipinski definition) is 3. The fourth-order valence-corrected chi connectivity index (χ4v) is 7.66. The normalized spacial score (nSPS) is 23.6. The highest BCUT2D eigenvalue weighted by molar-refractivity contribution is 8.25. The van der Waals surface area contributed by atoms with E-state index in [9.17, 15) is 9.59 Å². The van der Waals surface area contributed by atoms with Crippen LogP contribution in [-0.2, 0) is 15.9 Å². The second-order valence-electron chi connectivity index (χ2n) is 12.6. The zero-order valence-corrected chi connectivity index (χ0v) is 28.6. The van der Waals surface area contributed by atoms with E-state index >= 15 is 0 Å². The number of carbonyl (C=O) groups is 2. The molecule has 0 bridgehead atoms. The highest BCUT2D eigenvalue weighted by atomic mass is 32.2. The number of benzene rings is 1. The smallest absolute Gasteiger partial charge is 0.410 e. The standard InChI is InChI=1S/C32H47N7O6S/c1-8-44-31(41)46-20-21(2)19-39(46)36-29-34-24-18-33-17-23(15-22-9-10-25(42-6)26(16-22)43-7)27(24)28(35-29)37-11-13-38(14-12-37)30(40)45-32(3,4)5/h9-10,16-18,20-21,28-29,34-36H,8,11-15,19H2,1-7H3. The Labute approximate surface area is 273 Å². The van der Waals surface area contributed by atoms with E-state index in [-0.39, 0.29) is 23.5 Å². The number of piperazine rings is 1. The van der Waals surface area contributed by atoms with Crippen LogP contribution in [0.1, 0.15) is 57.5 Å². The van der Waals surface area contributed by atoms with Crippen LogP contribution in [0.25, 0.3) is 0 Å². The molecular weight excluding hydrogens is 610 g/mol. The number of aromatic nitrogens is 1. The summed E-state index contributed by atoms with van der Waals surface area (Å²) in [4.78, 5) is 34.3. The van der Waals surface area contributed by atoms with Crippen LogP contribution in [0.3, 0.4) is 0 Å². The van der Waals surface area contributed by atoms with E-state index in [0.717, 1.165) is 22.4 Å². The summed E-state index contributed by atoms with van der Waals surface area (Å²) in [5.41, 5.74) is 7.05. The molecule has 3 N–H and O–H groups in total. The lowest BCUT2D eigenvalue weighted by atomic mass is 9.96. The van der Waals surface area contributed by atoms with Crippen molar-refractivity contribution in [3.05, 3.63) is 47.3 Å². The highest BCUT2D eigenvalue weighted by Gasteiger charge is 2.37. The molecule has 0 spiro atoms. The van der Waals surface area contributed by atoms with Crippen molar-refractivity contribution in [2.75, 3.05) is 58.9 Å². The third kappa shape index (κ3) is 7.92. The SMILES string of the molecule is CCOC(=O)S1=CC(C)CN1NC1Nc2cncc(Cc3ccc(OC)c(OC)c3)c2C(N2CCN(C(=O)OC(C)(C)C)CC2)N1. The maximum Gasteiger partial charge on any atom is 0.410 e. The summed E-state index contributed by atoms with van der Waals surface area (Å²) in [5.74, 6) is 1.57. The Bertz CT molecular complexity index is 1440. The average Bonchev–Trinajstić information content (AvgIpc) is 3.39. The monoisotopic (exact) mass is 657 g/mol. The first-order valence-corrected chi connectivity index (χ1v) is 16.9. The van der Waals surface area contributed by atoms with E-state index in [1.165, 1.54) is 0 Å². The van der Waals surface area contributed by atoms with Crippen molar-refractivity contribution in [2.24, 2.45) is 5.92 Å². The number of rotatable bonds is 8. The topological polar surface area (TPSA) is 130 Å². The van der Waals surface area contributed by atoms with Gasteiger partial charge in [-0.3, -0.25) is 15.2 Å². The van der Waals surface area contributed by atoms with Gasteiger partial charge < -0.3 is 29.2 Å². The molecule has 1 aromatic heterocycles. The number of ether oxygens (including phenoxy) is 4. The molecule has 1 amide bonds. The molecule has 4 unspecified atom stereocenters. The second-order valence-corrected chi connectivity index (χ2v) is 14.3. The van der Waals surface area contributed by atoms with Crippen molar-refractivity contribution in [1.29, 1.82) is 0 Å². The Morgan fingerprint density at radius 1 is 1.09 bits per heavy atom. The van der Waals surface area contributed by atoms with E-state index in [4.69, 9.17) is 18.9 Å². The second kappa shape index (κ2) is 14.6. The lowest BCUT2D eigenvalue weighted by Crippen LogP contribution is -2.62. The van der Waals surface area contributed by atoms with Gasteiger partial charge in [-0.05, 0) is 68.7 Å². The molecule has 14 heteroatoms. The van der Waals surface area contributed by atoms with Crippen molar-refractivity contribution in [3.63, 3.8) is 0 Å². The summed E-state index contributed by atoms with van der Waals surface area (Å²) < 4.78 is 24.0. The third-order valence-corrected chi connectivity index (χ3v) is 9.81. The minimum Gasteiger partial charge on any atom is -0.493 e. The van der Waals surface area contributed by atoms with Crippen LogP contribution in [0.4, 0.5) is 15.3 Å². The predicted molar refractivity (Wildman–Crippen MR) is 179 cm³/mol. The summed E-state index contributed by atoms with van der Waals surface area (Å²) in [6, 6.07) is 5.93. The van der Waals surface area contributed by atoms with Gasteiger partial charge in [-0.2, -0.15) is 4.41 Å². The molecular formula is C32H47N7O6S. The molecule has 1 aromatic carbocycles. The number of fused-ring (bicyclic) bond motifs is 1. The van der Waals surface area contributed by atoms with Gasteiger partial charge in [0.2, 0.25) is 0 Å². The third-order valence-electron chi connectivity index (χ3n) is 7.90. The summed E-state index contributed by atoms with van der Waals surface area (Å²) in [6.07, 6.45) is 3.47. The van der Waals surface area contributed by atoms with Crippen LogP contribution in [0.15, 0.2) is 30.6 Å². The van der Waals surface area contributed by atoms with Crippen LogP contribution in [0.5, 0.6) is 11.5 Å². The van der Waals surface area contributed by atoms with Crippen LogP contribution in [-0.4, -0.2) is 101 Å². The Morgan fingerprint density at radius 2 is 1.83 bits per heavy atom. The van der Waals surface area contributed by atoms with Gasteiger partial charge in [0, 0.05) is 55.2 Å². The Hall–Kier alpha value is -3.43. The number of carbonyl (C=O) groups excluding carboxylic acids is 2. The maximum absolute atomic E-state index is 12.8. The van der Waals surface area contributed by atoms with E-state index < -0.39 is 22.6 Å². The summed E-state index contributed by atoms with van der Waals surface area (Å²) in [6.45, 7) is 12.9. The van der Waals surface area contributed by atoms with Gasteiger partial charge in [0.05, 0.1) is 38.9 Å². The molecule has 13 nitrogen and oxygen atoms in total. The van der Waals surface area contributed by atoms with Gasteiger partial charge >= 0.3 is 11.4 Å². The summed E-state index contributed by atoms with van der Waals surface area (Å²) >= 11 is 0. The summed E-state index contributed by atoms with van der Waals surface area (Å²) in [7, 11) is 2.43. The van der Waals surface area contributed by atoms with Crippen LogP contribution in [0.2, 0.25) is 0 Å². The molecule has 1 fully saturated rings. The first-order chi connectivity index (χ1) is 22.0.